The maximum Gasteiger partial charge on any atom is 0.331 e. The quantitative estimate of drug-likeness (QED) is 0.337. The highest BCUT2D eigenvalue weighted by Crippen LogP contribution is 2.48. The lowest BCUT2D eigenvalue weighted by atomic mass is 10.0. The van der Waals surface area contributed by atoms with Gasteiger partial charge in [-0.1, -0.05) is 42.5 Å². The van der Waals surface area contributed by atoms with Gasteiger partial charge in [0.15, 0.2) is 0 Å². The second kappa shape index (κ2) is 8.38. The van der Waals surface area contributed by atoms with Crippen LogP contribution in [0.1, 0.15) is 23.3 Å². The highest BCUT2D eigenvalue weighted by Gasteiger charge is 2.42. The van der Waals surface area contributed by atoms with E-state index in [1.807, 2.05) is 78.2 Å². The lowest BCUT2D eigenvalue weighted by Gasteiger charge is -2.37. The summed E-state index contributed by atoms with van der Waals surface area (Å²) >= 11 is 6.12. The summed E-state index contributed by atoms with van der Waals surface area (Å²) < 4.78 is 10.6. The van der Waals surface area contributed by atoms with Crippen molar-refractivity contribution in [2.75, 3.05) is 10.8 Å². The van der Waals surface area contributed by atoms with Gasteiger partial charge in [-0.15, -0.1) is 11.6 Å². The van der Waals surface area contributed by atoms with Crippen LogP contribution in [0, 0.1) is 6.92 Å². The molecular weight excluding hydrogens is 492 g/mol. The van der Waals surface area contributed by atoms with Crippen molar-refractivity contribution in [2.24, 2.45) is 14.1 Å². The van der Waals surface area contributed by atoms with E-state index in [2.05, 4.69) is 0 Å². The van der Waals surface area contributed by atoms with Gasteiger partial charge in [-0.3, -0.25) is 23.6 Å². The summed E-state index contributed by atoms with van der Waals surface area (Å²) in [5.74, 6) is 0.584. The van der Waals surface area contributed by atoms with Crippen LogP contribution in [0.5, 0.6) is 0 Å². The van der Waals surface area contributed by atoms with E-state index in [1.54, 1.807) is 11.9 Å². The molecule has 2 aromatic carbocycles. The van der Waals surface area contributed by atoms with E-state index in [-0.39, 0.29) is 11.8 Å². The largest absolute Gasteiger partial charge is 0.464 e. The van der Waals surface area contributed by atoms with Gasteiger partial charge in [0.2, 0.25) is 5.91 Å². The van der Waals surface area contributed by atoms with Crippen LogP contribution in [-0.4, -0.2) is 25.5 Å². The third kappa shape index (κ3) is 3.18. The Kier molecular flexibility index (Phi) is 5.24. The lowest BCUT2D eigenvalue weighted by molar-refractivity contribution is -0.116. The van der Waals surface area contributed by atoms with Crippen LogP contribution in [0.4, 0.5) is 5.69 Å². The van der Waals surface area contributed by atoms with Crippen molar-refractivity contribution in [3.05, 3.63) is 105 Å². The molecule has 1 atom stereocenters. The van der Waals surface area contributed by atoms with Gasteiger partial charge in [-0.25, -0.2) is 4.79 Å². The Morgan fingerprint density at radius 1 is 0.919 bits per heavy atom. The molecule has 0 fully saturated rings. The fourth-order valence-corrected chi connectivity index (χ4v) is 5.52. The number of para-hydroxylation sites is 2. The Morgan fingerprint density at radius 3 is 2.24 bits per heavy atom. The maximum absolute atomic E-state index is 13.8. The first-order chi connectivity index (χ1) is 17.8. The number of benzene rings is 2. The number of carbonyl (C=O) groups excluding carboxylic acids is 1. The van der Waals surface area contributed by atoms with Crippen molar-refractivity contribution in [1.82, 2.24) is 13.7 Å². The second-order valence-corrected chi connectivity index (χ2v) is 9.37. The molecule has 0 saturated heterocycles. The zero-order valence-electron chi connectivity index (χ0n) is 20.4. The minimum Gasteiger partial charge on any atom is -0.464 e. The van der Waals surface area contributed by atoms with E-state index in [4.69, 9.17) is 16.0 Å². The van der Waals surface area contributed by atoms with E-state index in [0.29, 0.717) is 45.2 Å². The number of nitrogens with zero attached hydrogens (tertiary/aromatic N) is 4. The number of hydrogen-bond acceptors (Lipinski definition) is 4. The summed E-state index contributed by atoms with van der Waals surface area (Å²) in [6, 6.07) is 19.9. The summed E-state index contributed by atoms with van der Waals surface area (Å²) in [6.45, 7) is 1.83. The summed E-state index contributed by atoms with van der Waals surface area (Å²) in [7, 11) is 3.11. The minimum atomic E-state index is -0.771. The third-order valence-electron chi connectivity index (χ3n) is 6.97. The number of halogens is 1. The first-order valence-electron chi connectivity index (χ1n) is 11.8. The molecule has 37 heavy (non-hydrogen) atoms. The van der Waals surface area contributed by atoms with Crippen molar-refractivity contribution in [2.45, 2.75) is 13.0 Å². The fourth-order valence-electron chi connectivity index (χ4n) is 5.39. The molecule has 4 heterocycles. The molecule has 0 aliphatic carbocycles. The monoisotopic (exact) mass is 514 g/mol. The number of alkyl halides is 1. The van der Waals surface area contributed by atoms with Crippen LogP contribution >= 0.6 is 11.6 Å². The Hall–Kier alpha value is -4.30. The van der Waals surface area contributed by atoms with Crippen LogP contribution in [0.15, 0.2) is 80.7 Å². The molecule has 9 heteroatoms. The number of aryl methyl sites for hydroxylation is 2. The number of amides is 1. The van der Waals surface area contributed by atoms with Gasteiger partial charge in [-0.05, 0) is 36.8 Å². The molecule has 0 spiro atoms. The summed E-state index contributed by atoms with van der Waals surface area (Å²) in [4.78, 5) is 42.0. The zero-order valence-corrected chi connectivity index (χ0v) is 21.2. The van der Waals surface area contributed by atoms with Gasteiger partial charge in [0.05, 0.1) is 33.7 Å². The van der Waals surface area contributed by atoms with Crippen LogP contribution < -0.4 is 16.1 Å². The number of aromatic nitrogens is 3. The number of furan rings is 1. The maximum atomic E-state index is 13.8. The van der Waals surface area contributed by atoms with Crippen LogP contribution in [0.2, 0.25) is 0 Å². The van der Waals surface area contributed by atoms with Gasteiger partial charge in [0.1, 0.15) is 23.4 Å². The van der Waals surface area contributed by atoms with Gasteiger partial charge >= 0.3 is 5.69 Å². The van der Waals surface area contributed by atoms with Gasteiger partial charge in [0.25, 0.3) is 5.56 Å². The zero-order chi connectivity index (χ0) is 26.0. The molecule has 0 N–H and O–H groups in total. The molecule has 3 aromatic heterocycles. The number of anilines is 1. The Bertz CT molecular complexity index is 1830. The van der Waals surface area contributed by atoms with E-state index in [1.165, 1.54) is 11.6 Å². The lowest BCUT2D eigenvalue weighted by Crippen LogP contribution is -2.41. The van der Waals surface area contributed by atoms with Crippen molar-refractivity contribution in [3.8, 4) is 16.9 Å². The smallest absolute Gasteiger partial charge is 0.331 e. The van der Waals surface area contributed by atoms with Crippen molar-refractivity contribution in [3.63, 3.8) is 0 Å². The Morgan fingerprint density at radius 2 is 1.59 bits per heavy atom. The van der Waals surface area contributed by atoms with E-state index < -0.39 is 17.3 Å². The average Bonchev–Trinajstić information content (AvgIpc) is 3.51. The van der Waals surface area contributed by atoms with Crippen molar-refractivity contribution in [1.29, 1.82) is 0 Å². The molecule has 6 rings (SSSR count). The molecule has 1 amide bonds. The SMILES string of the molecule is Cc1ccc(C2c3c4c(c(-c5ccccc5)n3-c3ccccc3N2C(=O)CCl)c(=O)n(C)c(=O)n4C)o1. The van der Waals surface area contributed by atoms with Crippen molar-refractivity contribution < 1.29 is 9.21 Å². The van der Waals surface area contributed by atoms with Gasteiger partial charge in [-0.2, -0.15) is 0 Å². The normalized spacial score (nSPS) is 14.6. The Balaban J connectivity index is 1.91. The molecule has 1 aliphatic rings. The Labute approximate surface area is 216 Å². The topological polar surface area (TPSA) is 82.4 Å². The molecule has 0 saturated carbocycles. The molecule has 1 unspecified atom stereocenters. The molecule has 5 aromatic rings. The molecule has 186 valence electrons. The second-order valence-electron chi connectivity index (χ2n) is 9.10. The summed E-state index contributed by atoms with van der Waals surface area (Å²) in [6.07, 6.45) is 0. The third-order valence-corrected chi connectivity index (χ3v) is 7.20. The fraction of sp³-hybridized carbons (Fsp3) is 0.179. The number of rotatable bonds is 3. The van der Waals surface area contributed by atoms with Crippen molar-refractivity contribution >= 4 is 34.1 Å². The highest BCUT2D eigenvalue weighted by atomic mass is 35.5. The first-order valence-corrected chi connectivity index (χ1v) is 12.3. The number of carbonyl (C=O) groups is 1. The van der Waals surface area contributed by atoms with E-state index in [0.717, 1.165) is 10.1 Å². The van der Waals surface area contributed by atoms with Crippen LogP contribution in [0.25, 0.3) is 27.8 Å². The highest BCUT2D eigenvalue weighted by molar-refractivity contribution is 6.29. The predicted molar refractivity (Wildman–Crippen MR) is 143 cm³/mol. The van der Waals surface area contributed by atoms with E-state index in [9.17, 15) is 14.4 Å². The average molecular weight is 515 g/mol. The number of hydrogen-bond donors (Lipinski definition) is 0. The molecular formula is C28H23ClN4O4. The predicted octanol–water partition coefficient (Wildman–Crippen LogP) is 4.27. The molecule has 1 aliphatic heterocycles. The first kappa shape index (κ1) is 23.1. The van der Waals surface area contributed by atoms with Crippen LogP contribution in [0.3, 0.4) is 0 Å². The van der Waals surface area contributed by atoms with Crippen LogP contribution in [-0.2, 0) is 18.9 Å². The minimum absolute atomic E-state index is 0.255. The number of fused-ring (bicyclic) bond motifs is 5. The summed E-state index contributed by atoms with van der Waals surface area (Å²) in [5.41, 5.74) is 2.90. The molecule has 0 radical (unpaired) electrons. The standard InChI is InChI=1S/C28H23ClN4O4/c1-16-13-14-20(37-16)24-26-25-22(27(35)31(3)28(36)30(25)2)23(17-9-5-4-6-10-17)33(26)19-12-8-7-11-18(19)32(24)21(34)15-29/h4-14,24H,15H2,1-3H3. The van der Waals surface area contributed by atoms with E-state index >= 15 is 0 Å². The molecule has 8 nitrogen and oxygen atoms in total. The van der Waals surface area contributed by atoms with Gasteiger partial charge < -0.3 is 8.98 Å². The summed E-state index contributed by atoms with van der Waals surface area (Å²) in [5, 5.41) is 0.383. The van der Waals surface area contributed by atoms with Gasteiger partial charge in [0, 0.05) is 14.1 Å². The molecule has 0 bridgehead atoms.